The second-order valence-corrected chi connectivity index (χ2v) is 7.57. The molecule has 1 aliphatic heterocycles. The number of benzene rings is 2. The van der Waals surface area contributed by atoms with Gasteiger partial charge in [0.1, 0.15) is 6.10 Å². The molecule has 6 heteroatoms. The Morgan fingerprint density at radius 3 is 2.55 bits per heavy atom. The van der Waals surface area contributed by atoms with E-state index in [9.17, 15) is 14.4 Å². The Kier molecular flexibility index (Phi) is 6.32. The molecule has 2 aromatic rings. The Morgan fingerprint density at radius 2 is 1.86 bits per heavy atom. The van der Waals surface area contributed by atoms with Crippen LogP contribution < -0.4 is 5.32 Å². The van der Waals surface area contributed by atoms with Gasteiger partial charge in [0, 0.05) is 13.0 Å². The maximum absolute atomic E-state index is 12.5. The standard InChI is InChI=1S/C23H25NO5/c1-14(2)13-24-21(25)15(3)28-22(26)17-9-10-19-18(11-17)12-20(29-23(19)27)16-7-5-4-6-8-16/h4-11,14-15,20H,12-13H2,1-3H3,(H,24,25)/t15-,20-/m1/s1. The molecule has 0 aliphatic carbocycles. The van der Waals surface area contributed by atoms with Gasteiger partial charge in [0.05, 0.1) is 11.1 Å². The Bertz CT molecular complexity index is 907. The van der Waals surface area contributed by atoms with Gasteiger partial charge in [0.25, 0.3) is 5.91 Å². The van der Waals surface area contributed by atoms with Crippen molar-refractivity contribution < 1.29 is 23.9 Å². The molecule has 29 heavy (non-hydrogen) atoms. The summed E-state index contributed by atoms with van der Waals surface area (Å²) in [6.45, 7) is 6.02. The zero-order chi connectivity index (χ0) is 21.0. The number of nitrogens with one attached hydrogen (secondary N) is 1. The zero-order valence-electron chi connectivity index (χ0n) is 16.8. The quantitative estimate of drug-likeness (QED) is 0.758. The van der Waals surface area contributed by atoms with Gasteiger partial charge in [-0.3, -0.25) is 4.79 Å². The molecule has 0 fully saturated rings. The lowest BCUT2D eigenvalue weighted by Crippen LogP contribution is -2.37. The maximum Gasteiger partial charge on any atom is 0.339 e. The summed E-state index contributed by atoms with van der Waals surface area (Å²) in [7, 11) is 0. The highest BCUT2D eigenvalue weighted by atomic mass is 16.6. The van der Waals surface area contributed by atoms with E-state index in [1.54, 1.807) is 12.1 Å². The lowest BCUT2D eigenvalue weighted by Gasteiger charge is -2.25. The number of rotatable bonds is 6. The van der Waals surface area contributed by atoms with Crippen LogP contribution in [0.4, 0.5) is 0 Å². The normalized spacial score (nSPS) is 16.6. The molecular formula is C23H25NO5. The Hall–Kier alpha value is -3.15. The Balaban J connectivity index is 1.72. The smallest absolute Gasteiger partial charge is 0.339 e. The number of carbonyl (C=O) groups is 3. The third-order valence-electron chi connectivity index (χ3n) is 4.72. The van der Waals surface area contributed by atoms with E-state index < -0.39 is 24.1 Å². The number of cyclic esters (lactones) is 1. The van der Waals surface area contributed by atoms with Crippen LogP contribution in [-0.4, -0.2) is 30.5 Å². The van der Waals surface area contributed by atoms with Crippen LogP contribution in [0.5, 0.6) is 0 Å². The summed E-state index contributed by atoms with van der Waals surface area (Å²) in [5.74, 6) is -1.05. The van der Waals surface area contributed by atoms with Gasteiger partial charge in [-0.25, -0.2) is 9.59 Å². The molecule has 1 N–H and O–H groups in total. The van der Waals surface area contributed by atoms with Crippen molar-refractivity contribution in [2.24, 2.45) is 5.92 Å². The first-order valence-electron chi connectivity index (χ1n) is 9.72. The molecule has 2 atom stereocenters. The van der Waals surface area contributed by atoms with E-state index in [1.807, 2.05) is 44.2 Å². The topological polar surface area (TPSA) is 81.7 Å². The number of ether oxygens (including phenoxy) is 2. The minimum Gasteiger partial charge on any atom is -0.454 e. The summed E-state index contributed by atoms with van der Waals surface area (Å²) in [4.78, 5) is 36.9. The summed E-state index contributed by atoms with van der Waals surface area (Å²) >= 11 is 0. The van der Waals surface area contributed by atoms with Crippen LogP contribution in [-0.2, 0) is 20.7 Å². The molecule has 3 rings (SSSR count). The first kappa shape index (κ1) is 20.6. The van der Waals surface area contributed by atoms with Crippen LogP contribution in [0.15, 0.2) is 48.5 Å². The summed E-state index contributed by atoms with van der Waals surface area (Å²) in [5, 5.41) is 2.74. The van der Waals surface area contributed by atoms with E-state index in [0.717, 1.165) is 11.1 Å². The number of amides is 1. The van der Waals surface area contributed by atoms with Crippen LogP contribution >= 0.6 is 0 Å². The van der Waals surface area contributed by atoms with Crippen molar-refractivity contribution in [2.45, 2.75) is 39.4 Å². The highest BCUT2D eigenvalue weighted by Crippen LogP contribution is 2.31. The number of hydrogen-bond donors (Lipinski definition) is 1. The molecule has 0 saturated heterocycles. The average Bonchev–Trinajstić information content (AvgIpc) is 2.72. The van der Waals surface area contributed by atoms with E-state index >= 15 is 0 Å². The fraction of sp³-hybridized carbons (Fsp3) is 0.348. The highest BCUT2D eigenvalue weighted by Gasteiger charge is 2.29. The molecule has 0 spiro atoms. The number of carbonyl (C=O) groups excluding carboxylic acids is 3. The van der Waals surface area contributed by atoms with Crippen molar-refractivity contribution >= 4 is 17.8 Å². The summed E-state index contributed by atoms with van der Waals surface area (Å²) in [6, 6.07) is 14.2. The Morgan fingerprint density at radius 1 is 1.14 bits per heavy atom. The first-order chi connectivity index (χ1) is 13.8. The largest absolute Gasteiger partial charge is 0.454 e. The van der Waals surface area contributed by atoms with Crippen LogP contribution in [0, 0.1) is 5.92 Å². The predicted molar refractivity (Wildman–Crippen MR) is 107 cm³/mol. The summed E-state index contributed by atoms with van der Waals surface area (Å²) in [6.07, 6.45) is -0.834. The van der Waals surface area contributed by atoms with Crippen molar-refractivity contribution in [1.82, 2.24) is 5.32 Å². The molecule has 2 aromatic carbocycles. The van der Waals surface area contributed by atoms with E-state index in [0.29, 0.717) is 30.0 Å². The molecule has 0 unspecified atom stereocenters. The van der Waals surface area contributed by atoms with Gasteiger partial charge in [-0.1, -0.05) is 44.2 Å². The van der Waals surface area contributed by atoms with Crippen molar-refractivity contribution in [1.29, 1.82) is 0 Å². The molecular weight excluding hydrogens is 370 g/mol. The minimum absolute atomic E-state index is 0.300. The summed E-state index contributed by atoms with van der Waals surface area (Å²) in [5.41, 5.74) is 2.36. The SMILES string of the molecule is CC(C)CNC(=O)[C@@H](C)OC(=O)c1ccc2c(c1)C[C@H](c1ccccc1)OC2=O. The van der Waals surface area contributed by atoms with Crippen molar-refractivity contribution in [3.63, 3.8) is 0 Å². The Labute approximate surface area is 170 Å². The van der Waals surface area contributed by atoms with Crippen LogP contribution in [0.2, 0.25) is 0 Å². The van der Waals surface area contributed by atoms with Gasteiger partial charge < -0.3 is 14.8 Å². The lowest BCUT2D eigenvalue weighted by molar-refractivity contribution is -0.129. The van der Waals surface area contributed by atoms with E-state index in [4.69, 9.17) is 9.47 Å². The fourth-order valence-electron chi connectivity index (χ4n) is 3.11. The number of esters is 2. The molecule has 152 valence electrons. The van der Waals surface area contributed by atoms with Gasteiger partial charge in [0.15, 0.2) is 6.10 Å². The predicted octanol–water partition coefficient (Wildman–Crippen LogP) is 3.46. The van der Waals surface area contributed by atoms with Crippen LogP contribution in [0.25, 0.3) is 0 Å². The van der Waals surface area contributed by atoms with Crippen LogP contribution in [0.3, 0.4) is 0 Å². The first-order valence-corrected chi connectivity index (χ1v) is 9.72. The van der Waals surface area contributed by atoms with Crippen molar-refractivity contribution in [3.8, 4) is 0 Å². The van der Waals surface area contributed by atoms with E-state index in [1.165, 1.54) is 13.0 Å². The van der Waals surface area contributed by atoms with E-state index in [-0.39, 0.29) is 5.91 Å². The average molecular weight is 395 g/mol. The molecule has 0 bridgehead atoms. The van der Waals surface area contributed by atoms with Gasteiger partial charge in [-0.05, 0) is 42.2 Å². The number of fused-ring (bicyclic) bond motifs is 1. The minimum atomic E-state index is -0.903. The monoisotopic (exact) mass is 395 g/mol. The highest BCUT2D eigenvalue weighted by molar-refractivity contribution is 5.96. The molecule has 6 nitrogen and oxygen atoms in total. The van der Waals surface area contributed by atoms with Gasteiger partial charge in [-0.2, -0.15) is 0 Å². The molecule has 1 amide bonds. The molecule has 1 aliphatic rings. The molecule has 0 radical (unpaired) electrons. The van der Waals surface area contributed by atoms with Crippen molar-refractivity contribution in [3.05, 3.63) is 70.8 Å². The van der Waals surface area contributed by atoms with Crippen LogP contribution in [0.1, 0.15) is 58.7 Å². The van der Waals surface area contributed by atoms with E-state index in [2.05, 4.69) is 5.32 Å². The van der Waals surface area contributed by atoms with Crippen molar-refractivity contribution in [2.75, 3.05) is 6.54 Å². The van der Waals surface area contributed by atoms with Gasteiger partial charge >= 0.3 is 11.9 Å². The second-order valence-electron chi connectivity index (χ2n) is 7.57. The third-order valence-corrected chi connectivity index (χ3v) is 4.72. The van der Waals surface area contributed by atoms with Gasteiger partial charge in [0.2, 0.25) is 0 Å². The summed E-state index contributed by atoms with van der Waals surface area (Å²) < 4.78 is 10.8. The number of hydrogen-bond acceptors (Lipinski definition) is 5. The lowest BCUT2D eigenvalue weighted by atomic mass is 9.93. The fourth-order valence-corrected chi connectivity index (χ4v) is 3.11. The molecule has 0 saturated carbocycles. The third kappa shape index (κ3) is 5.02. The second kappa shape index (κ2) is 8.90. The molecule has 0 aromatic heterocycles. The van der Waals surface area contributed by atoms with Gasteiger partial charge in [-0.15, -0.1) is 0 Å². The zero-order valence-corrected chi connectivity index (χ0v) is 16.8. The molecule has 1 heterocycles. The maximum atomic E-state index is 12.5.